The SMILES string of the molecule is O=C(N[C@@H]1CCC[C@@H](C(=O)N[C@@H](CCO)C(=O)O)C1)OCC1c2ccccc2-c2ccccc21. The van der Waals surface area contributed by atoms with Gasteiger partial charge in [-0.05, 0) is 41.5 Å². The van der Waals surface area contributed by atoms with Gasteiger partial charge in [0.25, 0.3) is 0 Å². The largest absolute Gasteiger partial charge is 0.480 e. The van der Waals surface area contributed by atoms with E-state index in [-0.39, 0.29) is 37.5 Å². The average molecular weight is 467 g/mol. The molecule has 8 nitrogen and oxygen atoms in total. The molecular formula is C26H30N2O6. The molecule has 8 heteroatoms. The van der Waals surface area contributed by atoms with Crippen LogP contribution in [0.4, 0.5) is 4.79 Å². The van der Waals surface area contributed by atoms with E-state index in [1.165, 1.54) is 0 Å². The molecule has 0 bridgehead atoms. The van der Waals surface area contributed by atoms with E-state index in [1.807, 2.05) is 24.3 Å². The number of amides is 2. The minimum Gasteiger partial charge on any atom is -0.480 e. The summed E-state index contributed by atoms with van der Waals surface area (Å²) in [6.45, 7) is -0.105. The normalized spacial score (nSPS) is 20.0. The van der Waals surface area contributed by atoms with Crippen LogP contribution in [0.2, 0.25) is 0 Å². The van der Waals surface area contributed by atoms with Crippen molar-refractivity contribution < 1.29 is 29.3 Å². The molecular weight excluding hydrogens is 436 g/mol. The number of aliphatic carboxylic acids is 1. The molecule has 4 rings (SSSR count). The molecule has 180 valence electrons. The van der Waals surface area contributed by atoms with Crippen LogP contribution < -0.4 is 10.6 Å². The van der Waals surface area contributed by atoms with Gasteiger partial charge in [0.2, 0.25) is 5.91 Å². The molecule has 0 unspecified atom stereocenters. The summed E-state index contributed by atoms with van der Waals surface area (Å²) in [6, 6.07) is 14.9. The van der Waals surface area contributed by atoms with Gasteiger partial charge in [0.15, 0.2) is 0 Å². The number of aliphatic hydroxyl groups is 1. The van der Waals surface area contributed by atoms with Crippen LogP contribution in [0.5, 0.6) is 0 Å². The van der Waals surface area contributed by atoms with Crippen molar-refractivity contribution in [3.63, 3.8) is 0 Å². The van der Waals surface area contributed by atoms with Crippen LogP contribution in [0.1, 0.15) is 49.1 Å². The maximum Gasteiger partial charge on any atom is 0.407 e. The van der Waals surface area contributed by atoms with Gasteiger partial charge in [-0.25, -0.2) is 9.59 Å². The van der Waals surface area contributed by atoms with Crippen molar-refractivity contribution in [3.8, 4) is 11.1 Å². The van der Waals surface area contributed by atoms with Gasteiger partial charge in [-0.3, -0.25) is 4.79 Å². The summed E-state index contributed by atoms with van der Waals surface area (Å²) in [4.78, 5) is 36.4. The first-order valence-electron chi connectivity index (χ1n) is 11.7. The molecule has 0 aromatic heterocycles. The Kier molecular flexibility index (Phi) is 7.47. The number of alkyl carbamates (subject to hydrolysis) is 1. The lowest BCUT2D eigenvalue weighted by atomic mass is 9.85. The Bertz CT molecular complexity index is 1010. The predicted molar refractivity (Wildman–Crippen MR) is 125 cm³/mol. The summed E-state index contributed by atoms with van der Waals surface area (Å²) in [7, 11) is 0. The van der Waals surface area contributed by atoms with Gasteiger partial charge in [-0.15, -0.1) is 0 Å². The zero-order chi connectivity index (χ0) is 24.1. The minimum atomic E-state index is -1.17. The topological polar surface area (TPSA) is 125 Å². The Balaban J connectivity index is 1.31. The Morgan fingerprint density at radius 2 is 1.65 bits per heavy atom. The van der Waals surface area contributed by atoms with E-state index in [2.05, 4.69) is 34.9 Å². The first-order valence-corrected chi connectivity index (χ1v) is 11.7. The quantitative estimate of drug-likeness (QED) is 0.474. The highest BCUT2D eigenvalue weighted by Gasteiger charge is 2.32. The smallest absolute Gasteiger partial charge is 0.407 e. The molecule has 0 aliphatic heterocycles. The highest BCUT2D eigenvalue weighted by Crippen LogP contribution is 2.44. The van der Waals surface area contributed by atoms with Crippen molar-refractivity contribution in [1.82, 2.24) is 10.6 Å². The highest BCUT2D eigenvalue weighted by atomic mass is 16.5. The van der Waals surface area contributed by atoms with E-state index in [4.69, 9.17) is 9.84 Å². The van der Waals surface area contributed by atoms with Gasteiger partial charge in [0, 0.05) is 30.9 Å². The highest BCUT2D eigenvalue weighted by molar-refractivity contribution is 5.85. The Morgan fingerprint density at radius 3 is 2.26 bits per heavy atom. The van der Waals surface area contributed by atoms with E-state index in [9.17, 15) is 19.5 Å². The molecule has 34 heavy (non-hydrogen) atoms. The molecule has 3 atom stereocenters. The van der Waals surface area contributed by atoms with Crippen LogP contribution in [0, 0.1) is 5.92 Å². The van der Waals surface area contributed by atoms with E-state index in [0.29, 0.717) is 12.8 Å². The van der Waals surface area contributed by atoms with Crippen molar-refractivity contribution in [2.75, 3.05) is 13.2 Å². The number of hydrogen-bond acceptors (Lipinski definition) is 5. The van der Waals surface area contributed by atoms with Gasteiger partial charge in [0.1, 0.15) is 12.6 Å². The lowest BCUT2D eigenvalue weighted by molar-refractivity contribution is -0.143. The maximum atomic E-state index is 12.6. The number of carboxylic acids is 1. The molecule has 0 spiro atoms. The summed E-state index contributed by atoms with van der Waals surface area (Å²) in [5.74, 6) is -1.96. The maximum absolute atomic E-state index is 12.6. The minimum absolute atomic E-state index is 0.0255. The van der Waals surface area contributed by atoms with Crippen molar-refractivity contribution in [2.45, 2.75) is 50.1 Å². The Morgan fingerprint density at radius 1 is 1.00 bits per heavy atom. The average Bonchev–Trinajstić information content (AvgIpc) is 3.16. The fourth-order valence-corrected chi connectivity index (χ4v) is 5.04. The first-order chi connectivity index (χ1) is 16.5. The number of carbonyl (C=O) groups is 3. The third-order valence-electron chi connectivity index (χ3n) is 6.74. The van der Waals surface area contributed by atoms with Crippen LogP contribution >= 0.6 is 0 Å². The summed E-state index contributed by atoms with van der Waals surface area (Å²) >= 11 is 0. The molecule has 2 aliphatic carbocycles. The van der Waals surface area contributed by atoms with Crippen molar-refractivity contribution >= 4 is 18.0 Å². The second kappa shape index (κ2) is 10.7. The molecule has 0 saturated heterocycles. The second-order valence-corrected chi connectivity index (χ2v) is 8.94. The Hall–Kier alpha value is -3.39. The third-order valence-corrected chi connectivity index (χ3v) is 6.74. The van der Waals surface area contributed by atoms with Crippen LogP contribution in [-0.2, 0) is 14.3 Å². The molecule has 1 saturated carbocycles. The summed E-state index contributed by atoms with van der Waals surface area (Å²) in [6.07, 6.45) is 1.95. The molecule has 2 aromatic rings. The van der Waals surface area contributed by atoms with E-state index in [0.717, 1.165) is 35.1 Å². The number of nitrogens with one attached hydrogen (secondary N) is 2. The van der Waals surface area contributed by atoms with E-state index in [1.54, 1.807) is 0 Å². The molecule has 2 amide bonds. The number of aliphatic hydroxyl groups excluding tert-OH is 1. The molecule has 1 fully saturated rings. The number of benzene rings is 2. The van der Waals surface area contributed by atoms with Gasteiger partial charge in [-0.2, -0.15) is 0 Å². The van der Waals surface area contributed by atoms with Crippen molar-refractivity contribution in [3.05, 3.63) is 59.7 Å². The van der Waals surface area contributed by atoms with Gasteiger partial charge < -0.3 is 25.6 Å². The summed E-state index contributed by atoms with van der Waals surface area (Å²) in [5, 5.41) is 23.6. The fraction of sp³-hybridized carbons (Fsp3) is 0.423. The van der Waals surface area contributed by atoms with Crippen LogP contribution in [0.3, 0.4) is 0 Å². The second-order valence-electron chi connectivity index (χ2n) is 8.94. The van der Waals surface area contributed by atoms with Crippen LogP contribution in [0.25, 0.3) is 11.1 Å². The zero-order valence-electron chi connectivity index (χ0n) is 18.9. The predicted octanol–water partition coefficient (Wildman–Crippen LogP) is 3.04. The standard InChI is InChI=1S/C26H30N2O6/c29-13-12-23(25(31)32)28-24(30)16-6-5-7-17(14-16)27-26(33)34-15-22-20-10-3-1-8-18(20)19-9-2-4-11-21(19)22/h1-4,8-11,16-17,22-23,29H,5-7,12-15H2,(H,27,33)(H,28,30)(H,31,32)/t16-,17-,23+/m1/s1. The van der Waals surface area contributed by atoms with E-state index >= 15 is 0 Å². The summed E-state index contributed by atoms with van der Waals surface area (Å²) in [5.41, 5.74) is 4.60. The van der Waals surface area contributed by atoms with Gasteiger partial charge >= 0.3 is 12.1 Å². The number of hydrogen-bond donors (Lipinski definition) is 4. The van der Waals surface area contributed by atoms with Crippen LogP contribution in [0.15, 0.2) is 48.5 Å². The number of ether oxygens (including phenoxy) is 1. The molecule has 0 radical (unpaired) electrons. The van der Waals surface area contributed by atoms with E-state index < -0.39 is 24.0 Å². The van der Waals surface area contributed by atoms with Crippen molar-refractivity contribution in [1.29, 1.82) is 0 Å². The monoisotopic (exact) mass is 466 g/mol. The van der Waals surface area contributed by atoms with Crippen LogP contribution in [-0.4, -0.2) is 53.5 Å². The summed E-state index contributed by atoms with van der Waals surface area (Å²) < 4.78 is 5.61. The van der Waals surface area contributed by atoms with Gasteiger partial charge in [-0.1, -0.05) is 55.0 Å². The molecule has 2 aromatic carbocycles. The third kappa shape index (κ3) is 5.22. The lowest BCUT2D eigenvalue weighted by Crippen LogP contribution is -2.47. The number of fused-ring (bicyclic) bond motifs is 3. The Labute approximate surface area is 198 Å². The number of rotatable bonds is 8. The zero-order valence-corrected chi connectivity index (χ0v) is 18.9. The van der Waals surface area contributed by atoms with Gasteiger partial charge in [0.05, 0.1) is 0 Å². The first kappa shape index (κ1) is 23.8. The van der Waals surface area contributed by atoms with Crippen molar-refractivity contribution in [2.24, 2.45) is 5.92 Å². The number of carbonyl (C=O) groups excluding carboxylic acids is 2. The lowest BCUT2D eigenvalue weighted by Gasteiger charge is -2.29. The number of carboxylic acid groups (broad SMARTS) is 1. The molecule has 0 heterocycles. The fourth-order valence-electron chi connectivity index (χ4n) is 5.04. The molecule has 4 N–H and O–H groups in total. The molecule has 2 aliphatic rings.